The van der Waals surface area contributed by atoms with Gasteiger partial charge in [0.25, 0.3) is 0 Å². The molecule has 0 aliphatic carbocycles. The quantitative estimate of drug-likeness (QED) is 0.562. The van der Waals surface area contributed by atoms with Crippen molar-refractivity contribution in [3.63, 3.8) is 0 Å². The van der Waals surface area contributed by atoms with Crippen LogP contribution in [0, 0.1) is 0 Å². The van der Waals surface area contributed by atoms with Gasteiger partial charge in [0.2, 0.25) is 0 Å². The van der Waals surface area contributed by atoms with E-state index in [1.165, 1.54) is 5.70 Å². The molecule has 0 aromatic carbocycles. The van der Waals surface area contributed by atoms with E-state index in [4.69, 9.17) is 0 Å². The number of allylic oxidation sites excluding steroid dienone is 2. The van der Waals surface area contributed by atoms with E-state index >= 15 is 0 Å². The second-order valence-electron chi connectivity index (χ2n) is 2.15. The van der Waals surface area contributed by atoms with Crippen LogP contribution in [0.2, 0.25) is 0 Å². The maximum absolute atomic E-state index is 2.26. The van der Waals surface area contributed by atoms with Crippen LogP contribution in [-0.2, 0) is 0 Å². The van der Waals surface area contributed by atoms with Crippen molar-refractivity contribution in [3.05, 3.63) is 11.8 Å². The van der Waals surface area contributed by atoms with Crippen molar-refractivity contribution in [1.29, 1.82) is 0 Å². The molecule has 0 saturated heterocycles. The van der Waals surface area contributed by atoms with Crippen molar-refractivity contribution in [2.45, 2.75) is 27.2 Å². The van der Waals surface area contributed by atoms with Gasteiger partial charge < -0.3 is 4.90 Å². The van der Waals surface area contributed by atoms with E-state index < -0.39 is 0 Å². The summed E-state index contributed by atoms with van der Waals surface area (Å²) in [5.41, 5.74) is 1.43. The van der Waals surface area contributed by atoms with Gasteiger partial charge in [0.1, 0.15) is 0 Å². The number of nitrogens with zero attached hydrogens (tertiary/aromatic N) is 1. The second kappa shape index (κ2) is 4.42. The van der Waals surface area contributed by atoms with E-state index in [-0.39, 0.29) is 0 Å². The first kappa shape index (κ1) is 8.54. The molecule has 0 spiro atoms. The number of hydrogen-bond donors (Lipinski definition) is 0. The zero-order chi connectivity index (χ0) is 7.28. The van der Waals surface area contributed by atoms with Crippen molar-refractivity contribution in [1.82, 2.24) is 4.90 Å². The van der Waals surface area contributed by atoms with Crippen LogP contribution in [0.15, 0.2) is 11.8 Å². The first-order valence-electron chi connectivity index (χ1n) is 3.62. The van der Waals surface area contributed by atoms with Crippen LogP contribution in [0.5, 0.6) is 0 Å². The molecule has 54 valence electrons. The van der Waals surface area contributed by atoms with Crippen LogP contribution in [-0.4, -0.2) is 18.5 Å². The third-order valence-electron chi connectivity index (χ3n) is 1.66. The molecule has 0 aliphatic heterocycles. The summed E-state index contributed by atoms with van der Waals surface area (Å²) in [7, 11) is 2.12. The standard InChI is InChI=1S/C8H17N/c1-5-8(6-2)9(4)7-3/h5H,6-7H2,1-4H3/b8-5-. The predicted molar refractivity (Wildman–Crippen MR) is 42.4 cm³/mol. The minimum atomic E-state index is 1.10. The molecule has 1 heteroatoms. The maximum Gasteiger partial charge on any atom is 0.0143 e. The Kier molecular flexibility index (Phi) is 4.20. The van der Waals surface area contributed by atoms with Gasteiger partial charge in [-0.2, -0.15) is 0 Å². The zero-order valence-electron chi connectivity index (χ0n) is 6.94. The smallest absolute Gasteiger partial charge is 0.0143 e. The summed E-state index contributed by atoms with van der Waals surface area (Å²) >= 11 is 0. The fraction of sp³-hybridized carbons (Fsp3) is 0.750. The summed E-state index contributed by atoms with van der Waals surface area (Å²) in [6.45, 7) is 7.54. The Morgan fingerprint density at radius 1 is 1.44 bits per heavy atom. The molecule has 0 N–H and O–H groups in total. The van der Waals surface area contributed by atoms with Crippen LogP contribution < -0.4 is 0 Å². The van der Waals surface area contributed by atoms with E-state index in [1.54, 1.807) is 0 Å². The minimum Gasteiger partial charge on any atom is -0.378 e. The summed E-state index contributed by atoms with van der Waals surface area (Å²) in [4.78, 5) is 2.26. The third-order valence-corrected chi connectivity index (χ3v) is 1.66. The maximum atomic E-state index is 2.26. The van der Waals surface area contributed by atoms with Gasteiger partial charge in [0.15, 0.2) is 0 Å². The van der Waals surface area contributed by atoms with Crippen LogP contribution in [0.1, 0.15) is 27.2 Å². The highest BCUT2D eigenvalue weighted by Crippen LogP contribution is 2.03. The van der Waals surface area contributed by atoms with E-state index in [2.05, 4.69) is 38.8 Å². The molecule has 0 aromatic rings. The summed E-state index contributed by atoms with van der Waals surface area (Å²) < 4.78 is 0. The van der Waals surface area contributed by atoms with Crippen LogP contribution in [0.4, 0.5) is 0 Å². The number of hydrogen-bond acceptors (Lipinski definition) is 1. The fourth-order valence-electron chi connectivity index (χ4n) is 0.898. The lowest BCUT2D eigenvalue weighted by atomic mass is 10.3. The summed E-state index contributed by atoms with van der Waals surface area (Å²) in [5.74, 6) is 0. The van der Waals surface area contributed by atoms with Gasteiger partial charge in [-0.1, -0.05) is 13.0 Å². The highest BCUT2D eigenvalue weighted by molar-refractivity contribution is 4.96. The molecule has 0 rings (SSSR count). The van der Waals surface area contributed by atoms with Gasteiger partial charge in [0, 0.05) is 19.3 Å². The Morgan fingerprint density at radius 3 is 2.11 bits per heavy atom. The molecule has 0 aromatic heterocycles. The van der Waals surface area contributed by atoms with Crippen LogP contribution >= 0.6 is 0 Å². The van der Waals surface area contributed by atoms with Gasteiger partial charge in [-0.15, -0.1) is 0 Å². The van der Waals surface area contributed by atoms with E-state index in [0.717, 1.165) is 13.0 Å². The lowest BCUT2D eigenvalue weighted by molar-refractivity contribution is 0.427. The highest BCUT2D eigenvalue weighted by atomic mass is 15.1. The van der Waals surface area contributed by atoms with Gasteiger partial charge in [-0.05, 0) is 20.3 Å². The van der Waals surface area contributed by atoms with E-state index in [1.807, 2.05) is 0 Å². The van der Waals surface area contributed by atoms with Crippen LogP contribution in [0.25, 0.3) is 0 Å². The van der Waals surface area contributed by atoms with Crippen molar-refractivity contribution in [3.8, 4) is 0 Å². The molecule has 0 unspecified atom stereocenters. The second-order valence-corrected chi connectivity index (χ2v) is 2.15. The molecule has 0 fully saturated rings. The molecule has 0 heterocycles. The molecule has 0 aliphatic rings. The van der Waals surface area contributed by atoms with Gasteiger partial charge >= 0.3 is 0 Å². The average molecular weight is 127 g/mol. The van der Waals surface area contributed by atoms with E-state index in [0.29, 0.717) is 0 Å². The molecule has 0 radical (unpaired) electrons. The molecule has 0 bridgehead atoms. The molecule has 0 amide bonds. The SMILES string of the molecule is C/C=C(/CC)N(C)CC. The lowest BCUT2D eigenvalue weighted by Gasteiger charge is -2.18. The Bertz CT molecular complexity index is 94.7. The van der Waals surface area contributed by atoms with Crippen molar-refractivity contribution in [2.75, 3.05) is 13.6 Å². The molecule has 1 nitrogen and oxygen atoms in total. The summed E-state index contributed by atoms with van der Waals surface area (Å²) in [5, 5.41) is 0. The minimum absolute atomic E-state index is 1.10. The Labute approximate surface area is 58.4 Å². The van der Waals surface area contributed by atoms with E-state index in [9.17, 15) is 0 Å². The lowest BCUT2D eigenvalue weighted by Crippen LogP contribution is -2.15. The monoisotopic (exact) mass is 127 g/mol. The third kappa shape index (κ3) is 2.54. The molecule has 9 heavy (non-hydrogen) atoms. The highest BCUT2D eigenvalue weighted by Gasteiger charge is 1.94. The Balaban J connectivity index is 3.80. The first-order valence-corrected chi connectivity index (χ1v) is 3.62. The van der Waals surface area contributed by atoms with Gasteiger partial charge in [0.05, 0.1) is 0 Å². The van der Waals surface area contributed by atoms with Crippen LogP contribution in [0.3, 0.4) is 0 Å². The first-order chi connectivity index (χ1) is 4.26. The normalized spacial score (nSPS) is 11.8. The molecular weight excluding hydrogens is 110 g/mol. The number of rotatable bonds is 3. The zero-order valence-corrected chi connectivity index (χ0v) is 6.94. The topological polar surface area (TPSA) is 3.24 Å². The Morgan fingerprint density at radius 2 is 2.00 bits per heavy atom. The average Bonchev–Trinajstić information content (AvgIpc) is 1.90. The fourth-order valence-corrected chi connectivity index (χ4v) is 0.898. The van der Waals surface area contributed by atoms with Crippen molar-refractivity contribution in [2.24, 2.45) is 0 Å². The summed E-state index contributed by atoms with van der Waals surface area (Å²) in [6.07, 6.45) is 3.31. The molecule has 0 atom stereocenters. The predicted octanol–water partition coefficient (Wildman–Crippen LogP) is 2.25. The molecular formula is C8H17N. The Hall–Kier alpha value is -0.460. The summed E-state index contributed by atoms with van der Waals surface area (Å²) in [6, 6.07) is 0. The van der Waals surface area contributed by atoms with Gasteiger partial charge in [-0.3, -0.25) is 0 Å². The van der Waals surface area contributed by atoms with Gasteiger partial charge in [-0.25, -0.2) is 0 Å². The molecule has 0 saturated carbocycles. The van der Waals surface area contributed by atoms with Crippen molar-refractivity contribution < 1.29 is 0 Å². The van der Waals surface area contributed by atoms with Crippen molar-refractivity contribution >= 4 is 0 Å². The largest absolute Gasteiger partial charge is 0.378 e.